The van der Waals surface area contributed by atoms with Crippen molar-refractivity contribution in [2.45, 2.75) is 0 Å². The van der Waals surface area contributed by atoms with Crippen LogP contribution < -0.4 is 21.5 Å². The Morgan fingerprint density at radius 1 is 0.550 bits per heavy atom. The van der Waals surface area contributed by atoms with Crippen molar-refractivity contribution in [3.05, 3.63) is 96.1 Å². The lowest BCUT2D eigenvalue weighted by Gasteiger charge is -2.10. The van der Waals surface area contributed by atoms with Gasteiger partial charge in [0.25, 0.3) is 0 Å². The number of ketones is 2. The third-order valence-corrected chi connectivity index (χ3v) is 5.30. The summed E-state index contributed by atoms with van der Waals surface area (Å²) in [6, 6.07) is 12.6. The van der Waals surface area contributed by atoms with E-state index in [1.807, 2.05) is 0 Å². The normalized spacial score (nSPS) is 16.3. The SMILES string of the molecule is O=C(Nc1ccc(N/N=C2/C=CC(=O)C(C(=O)O)=C2)cc1)Nc1ccc(N/N=C2/C=CC(=O)C(C(=O)O)=C2)cc1. The molecular formula is C27H20N6O7. The maximum atomic E-state index is 12.4. The lowest BCUT2D eigenvalue weighted by molar-refractivity contribution is -0.135. The van der Waals surface area contributed by atoms with Crippen molar-refractivity contribution in [2.24, 2.45) is 10.2 Å². The first kappa shape index (κ1) is 26.9. The molecule has 2 aromatic rings. The predicted octanol–water partition coefficient (Wildman–Crippen LogP) is 3.17. The summed E-state index contributed by atoms with van der Waals surface area (Å²) in [7, 11) is 0. The van der Waals surface area contributed by atoms with Crippen molar-refractivity contribution in [3.63, 3.8) is 0 Å². The van der Waals surface area contributed by atoms with Crippen LogP contribution in [-0.4, -0.2) is 51.2 Å². The van der Waals surface area contributed by atoms with Gasteiger partial charge in [0, 0.05) is 11.4 Å². The molecule has 0 heterocycles. The zero-order chi connectivity index (χ0) is 28.6. The number of carbonyl (C=O) groups excluding carboxylic acids is 3. The summed E-state index contributed by atoms with van der Waals surface area (Å²) >= 11 is 0. The summed E-state index contributed by atoms with van der Waals surface area (Å²) in [5.74, 6) is -3.88. The van der Waals surface area contributed by atoms with E-state index in [4.69, 9.17) is 10.2 Å². The number of amides is 2. The number of aliphatic carboxylic acids is 2. The lowest BCUT2D eigenvalue weighted by Crippen LogP contribution is -2.19. The van der Waals surface area contributed by atoms with Crippen LogP contribution >= 0.6 is 0 Å². The van der Waals surface area contributed by atoms with E-state index in [2.05, 4.69) is 31.7 Å². The van der Waals surface area contributed by atoms with Crippen LogP contribution in [0, 0.1) is 0 Å². The Hall–Kier alpha value is -6.11. The summed E-state index contributed by atoms with van der Waals surface area (Å²) in [5, 5.41) is 31.6. The van der Waals surface area contributed by atoms with E-state index >= 15 is 0 Å². The molecule has 0 fully saturated rings. The number of nitrogens with one attached hydrogen (secondary N) is 4. The number of allylic oxidation sites excluding steroid dienone is 6. The molecule has 0 bridgehead atoms. The Labute approximate surface area is 226 Å². The van der Waals surface area contributed by atoms with Crippen molar-refractivity contribution < 1.29 is 34.2 Å². The minimum absolute atomic E-state index is 0.263. The Morgan fingerprint density at radius 3 is 1.25 bits per heavy atom. The maximum absolute atomic E-state index is 12.4. The molecule has 4 rings (SSSR count). The highest BCUT2D eigenvalue weighted by atomic mass is 16.4. The molecule has 0 aromatic heterocycles. The molecule has 13 heteroatoms. The largest absolute Gasteiger partial charge is 0.478 e. The highest BCUT2D eigenvalue weighted by Gasteiger charge is 2.19. The Kier molecular flexibility index (Phi) is 8.05. The summed E-state index contributed by atoms with van der Waals surface area (Å²) in [5.41, 5.74) is 7.38. The van der Waals surface area contributed by atoms with Crippen LogP contribution in [0.5, 0.6) is 0 Å². The third kappa shape index (κ3) is 7.01. The van der Waals surface area contributed by atoms with E-state index in [1.54, 1.807) is 48.5 Å². The van der Waals surface area contributed by atoms with Crippen LogP contribution in [0.25, 0.3) is 0 Å². The van der Waals surface area contributed by atoms with Gasteiger partial charge in [0.05, 0.1) is 22.8 Å². The van der Waals surface area contributed by atoms with E-state index in [1.165, 1.54) is 24.3 Å². The second-order valence-electron chi connectivity index (χ2n) is 8.15. The molecule has 2 aliphatic rings. The van der Waals surface area contributed by atoms with Crippen LogP contribution in [0.1, 0.15) is 0 Å². The van der Waals surface area contributed by atoms with Crippen molar-refractivity contribution in [2.75, 3.05) is 21.5 Å². The lowest BCUT2D eigenvalue weighted by atomic mass is 10.0. The first-order valence-corrected chi connectivity index (χ1v) is 11.5. The van der Waals surface area contributed by atoms with E-state index in [0.29, 0.717) is 22.7 Å². The van der Waals surface area contributed by atoms with Crippen molar-refractivity contribution in [1.29, 1.82) is 0 Å². The van der Waals surface area contributed by atoms with E-state index in [-0.39, 0.29) is 22.6 Å². The molecule has 0 aliphatic heterocycles. The monoisotopic (exact) mass is 540 g/mol. The van der Waals surface area contributed by atoms with E-state index in [0.717, 1.165) is 12.2 Å². The molecule has 2 amide bonds. The first-order chi connectivity index (χ1) is 19.2. The van der Waals surface area contributed by atoms with Crippen molar-refractivity contribution in [3.8, 4) is 0 Å². The van der Waals surface area contributed by atoms with Gasteiger partial charge in [0.1, 0.15) is 11.1 Å². The average molecular weight is 540 g/mol. The number of urea groups is 1. The molecule has 40 heavy (non-hydrogen) atoms. The molecule has 0 spiro atoms. The quantitative estimate of drug-likeness (QED) is 0.165. The number of rotatable bonds is 8. The summed E-state index contributed by atoms with van der Waals surface area (Å²) in [4.78, 5) is 57.6. The minimum Gasteiger partial charge on any atom is -0.478 e. The van der Waals surface area contributed by atoms with Crippen LogP contribution in [0.4, 0.5) is 27.5 Å². The molecule has 2 aliphatic carbocycles. The highest BCUT2D eigenvalue weighted by molar-refractivity contribution is 6.30. The van der Waals surface area contributed by atoms with Gasteiger partial charge in [-0.05, 0) is 85.0 Å². The summed E-state index contributed by atoms with van der Waals surface area (Å²) in [6.07, 6.45) is 7.37. The number of anilines is 4. The van der Waals surface area contributed by atoms with Crippen molar-refractivity contribution >= 4 is 63.7 Å². The number of benzene rings is 2. The number of nitrogens with zero attached hydrogens (tertiary/aromatic N) is 2. The molecular weight excluding hydrogens is 520 g/mol. The number of hydrogen-bond donors (Lipinski definition) is 6. The molecule has 200 valence electrons. The second kappa shape index (κ2) is 12.0. The second-order valence-corrected chi connectivity index (χ2v) is 8.15. The molecule has 0 atom stereocenters. The van der Waals surface area contributed by atoms with Gasteiger partial charge in [-0.3, -0.25) is 20.4 Å². The zero-order valence-electron chi connectivity index (χ0n) is 20.4. The Bertz CT molecular complexity index is 1460. The number of hydrazone groups is 2. The number of hydrogen-bond acceptors (Lipinski definition) is 9. The molecule has 0 saturated heterocycles. The molecule has 6 N–H and O–H groups in total. The van der Waals surface area contributed by atoms with Gasteiger partial charge in [-0.25, -0.2) is 14.4 Å². The van der Waals surface area contributed by atoms with E-state index < -0.39 is 29.5 Å². The Balaban J connectivity index is 1.28. The smallest absolute Gasteiger partial charge is 0.339 e. The topological polar surface area (TPSA) is 199 Å². The molecule has 13 nitrogen and oxygen atoms in total. The maximum Gasteiger partial charge on any atom is 0.339 e. The fraction of sp³-hybridized carbons (Fsp3) is 0. The molecule has 0 unspecified atom stereocenters. The molecule has 0 radical (unpaired) electrons. The fourth-order valence-electron chi connectivity index (χ4n) is 3.32. The van der Waals surface area contributed by atoms with Crippen molar-refractivity contribution in [1.82, 2.24) is 0 Å². The van der Waals surface area contributed by atoms with Crippen LogP contribution in [-0.2, 0) is 19.2 Å². The van der Waals surface area contributed by atoms with Gasteiger partial charge in [0.2, 0.25) is 0 Å². The van der Waals surface area contributed by atoms with Gasteiger partial charge in [-0.1, -0.05) is 0 Å². The van der Waals surface area contributed by atoms with Gasteiger partial charge < -0.3 is 20.8 Å². The van der Waals surface area contributed by atoms with Gasteiger partial charge >= 0.3 is 18.0 Å². The highest BCUT2D eigenvalue weighted by Crippen LogP contribution is 2.17. The number of carbonyl (C=O) groups is 5. The van der Waals surface area contributed by atoms with Crippen LogP contribution in [0.15, 0.2) is 106 Å². The standard InChI is InChI=1S/C27H20N6O7/c34-23-11-9-19(13-21(23)25(36)37)32-30-17-5-1-15(2-6-17)28-27(40)29-16-3-7-18(8-4-16)31-33-20-10-12-24(35)22(14-20)26(38)39/h1-14,30-31H,(H,36,37)(H,38,39)(H2,28,29,40)/b32-19-,33-20-. The first-order valence-electron chi connectivity index (χ1n) is 11.5. The minimum atomic E-state index is -1.33. The molecule has 2 aromatic carbocycles. The van der Waals surface area contributed by atoms with Gasteiger partial charge in [-0.2, -0.15) is 10.2 Å². The van der Waals surface area contributed by atoms with Crippen LogP contribution in [0.3, 0.4) is 0 Å². The van der Waals surface area contributed by atoms with Crippen LogP contribution in [0.2, 0.25) is 0 Å². The summed E-state index contributed by atoms with van der Waals surface area (Å²) in [6.45, 7) is 0. The zero-order valence-corrected chi connectivity index (χ0v) is 20.4. The third-order valence-electron chi connectivity index (χ3n) is 5.30. The Morgan fingerprint density at radius 2 is 0.900 bits per heavy atom. The average Bonchev–Trinajstić information content (AvgIpc) is 2.93. The van der Waals surface area contributed by atoms with Gasteiger partial charge in [-0.15, -0.1) is 0 Å². The van der Waals surface area contributed by atoms with E-state index in [9.17, 15) is 24.0 Å². The fourth-order valence-corrected chi connectivity index (χ4v) is 3.32. The molecule has 0 saturated carbocycles. The summed E-state index contributed by atoms with van der Waals surface area (Å²) < 4.78 is 0. The number of carboxylic acids is 2. The van der Waals surface area contributed by atoms with Gasteiger partial charge in [0.15, 0.2) is 11.6 Å². The number of carboxylic acid groups (broad SMARTS) is 2. The predicted molar refractivity (Wildman–Crippen MR) is 147 cm³/mol.